The number of nitrogens with one attached hydrogen (secondary N) is 1. The smallest absolute Gasteiger partial charge is 0.261 e. The normalized spacial score (nSPS) is 19.0. The van der Waals surface area contributed by atoms with Gasteiger partial charge in [-0.3, -0.25) is 9.59 Å². The van der Waals surface area contributed by atoms with Crippen LogP contribution < -0.4 is 10.1 Å². The van der Waals surface area contributed by atoms with E-state index in [0.717, 1.165) is 24.2 Å². The summed E-state index contributed by atoms with van der Waals surface area (Å²) in [4.78, 5) is 27.3. The quantitative estimate of drug-likeness (QED) is 0.919. The molecule has 2 aromatic rings. The van der Waals surface area contributed by atoms with Crippen LogP contribution in [0.15, 0.2) is 29.6 Å². The van der Waals surface area contributed by atoms with E-state index in [0.29, 0.717) is 18.6 Å². The monoisotopic (exact) mass is 356 g/mol. The lowest BCUT2D eigenvalue weighted by Gasteiger charge is -2.33. The minimum atomic E-state index is 0.00961. The third-order valence-electron chi connectivity index (χ3n) is 4.93. The van der Waals surface area contributed by atoms with Crippen LogP contribution in [0.3, 0.4) is 0 Å². The zero-order valence-corrected chi connectivity index (χ0v) is 14.9. The van der Waals surface area contributed by atoms with Gasteiger partial charge in [0.2, 0.25) is 5.91 Å². The Morgan fingerprint density at radius 3 is 3.08 bits per heavy atom. The minimum absolute atomic E-state index is 0.00961. The number of hydrogen-bond acceptors (Lipinski definition) is 4. The lowest BCUT2D eigenvalue weighted by Crippen LogP contribution is -2.40. The third-order valence-corrected chi connectivity index (χ3v) is 5.93. The van der Waals surface area contributed by atoms with Gasteiger partial charge in [-0.2, -0.15) is 0 Å². The number of carbonyl (C=O) groups excluding carboxylic acids is 2. The molecule has 2 aliphatic heterocycles. The molecule has 0 unspecified atom stereocenters. The Labute approximate surface area is 150 Å². The Morgan fingerprint density at radius 1 is 1.32 bits per heavy atom. The molecule has 1 atom stereocenters. The van der Waals surface area contributed by atoms with Gasteiger partial charge in [-0.05, 0) is 60.5 Å². The summed E-state index contributed by atoms with van der Waals surface area (Å²) in [7, 11) is 0. The maximum atomic E-state index is 12.6. The van der Waals surface area contributed by atoms with Crippen LogP contribution in [0.5, 0.6) is 5.75 Å². The van der Waals surface area contributed by atoms with Crippen molar-refractivity contribution in [2.45, 2.75) is 32.2 Å². The molecule has 130 valence electrons. The predicted molar refractivity (Wildman–Crippen MR) is 97.0 cm³/mol. The number of anilines is 1. The SMILES string of the molecule is C[C@H]1c2ccsc2CCN1C(=O)COc1ccc2c(c1)CCC(=O)N2. The fourth-order valence-corrected chi connectivity index (χ4v) is 4.49. The van der Waals surface area contributed by atoms with Crippen LogP contribution in [0.1, 0.15) is 35.4 Å². The fraction of sp³-hybridized carbons (Fsp3) is 0.368. The minimum Gasteiger partial charge on any atom is -0.484 e. The number of rotatable bonds is 3. The van der Waals surface area contributed by atoms with E-state index >= 15 is 0 Å². The molecule has 0 saturated carbocycles. The van der Waals surface area contributed by atoms with Gasteiger partial charge < -0.3 is 15.0 Å². The second kappa shape index (κ2) is 6.52. The van der Waals surface area contributed by atoms with Crippen LogP contribution >= 0.6 is 11.3 Å². The van der Waals surface area contributed by atoms with E-state index in [2.05, 4.69) is 23.7 Å². The molecular formula is C19H20N2O3S. The molecule has 2 aliphatic rings. The number of aryl methyl sites for hydroxylation is 1. The van der Waals surface area contributed by atoms with Crippen molar-refractivity contribution in [1.82, 2.24) is 4.90 Å². The highest BCUT2D eigenvalue weighted by Crippen LogP contribution is 2.33. The molecule has 1 N–H and O–H groups in total. The number of carbonyl (C=O) groups is 2. The second-order valence-electron chi connectivity index (χ2n) is 6.47. The molecule has 1 aromatic heterocycles. The maximum Gasteiger partial charge on any atom is 0.261 e. The summed E-state index contributed by atoms with van der Waals surface area (Å²) in [5.41, 5.74) is 3.15. The summed E-state index contributed by atoms with van der Waals surface area (Å²) in [5.74, 6) is 0.725. The van der Waals surface area contributed by atoms with Gasteiger partial charge >= 0.3 is 0 Å². The number of benzene rings is 1. The summed E-state index contributed by atoms with van der Waals surface area (Å²) >= 11 is 1.77. The zero-order chi connectivity index (χ0) is 17.4. The molecule has 0 aliphatic carbocycles. The average Bonchev–Trinajstić information content (AvgIpc) is 3.09. The molecule has 0 spiro atoms. The van der Waals surface area contributed by atoms with E-state index in [4.69, 9.17) is 4.74 Å². The van der Waals surface area contributed by atoms with E-state index in [9.17, 15) is 9.59 Å². The number of fused-ring (bicyclic) bond motifs is 2. The predicted octanol–water partition coefficient (Wildman–Crippen LogP) is 3.16. The summed E-state index contributed by atoms with van der Waals surface area (Å²) in [5, 5.41) is 4.94. The molecule has 0 bridgehead atoms. The lowest BCUT2D eigenvalue weighted by molar-refractivity contribution is -0.135. The van der Waals surface area contributed by atoms with Gasteiger partial charge in [0.25, 0.3) is 5.91 Å². The van der Waals surface area contributed by atoms with Crippen molar-refractivity contribution in [1.29, 1.82) is 0 Å². The van der Waals surface area contributed by atoms with E-state index < -0.39 is 0 Å². The van der Waals surface area contributed by atoms with Gasteiger partial charge in [-0.25, -0.2) is 0 Å². The molecule has 3 heterocycles. The standard InChI is InChI=1S/C19H20N2O3S/c1-12-15-7-9-25-17(15)6-8-21(12)19(23)11-24-14-3-4-16-13(10-14)2-5-18(22)20-16/h3-4,7,9-10,12H,2,5-6,8,11H2,1H3,(H,20,22)/t12-/m0/s1. The Morgan fingerprint density at radius 2 is 2.20 bits per heavy atom. The fourth-order valence-electron chi connectivity index (χ4n) is 3.53. The first kappa shape index (κ1) is 16.1. The number of amides is 2. The van der Waals surface area contributed by atoms with Gasteiger partial charge in [0.15, 0.2) is 6.61 Å². The van der Waals surface area contributed by atoms with Gasteiger partial charge in [-0.1, -0.05) is 0 Å². The number of hydrogen-bond donors (Lipinski definition) is 1. The van der Waals surface area contributed by atoms with Crippen LogP contribution in [-0.2, 0) is 22.4 Å². The van der Waals surface area contributed by atoms with Crippen molar-refractivity contribution in [3.8, 4) is 5.75 Å². The highest BCUT2D eigenvalue weighted by Gasteiger charge is 2.28. The van der Waals surface area contributed by atoms with Gasteiger partial charge in [-0.15, -0.1) is 11.3 Å². The van der Waals surface area contributed by atoms with Gasteiger partial charge in [0, 0.05) is 23.5 Å². The van der Waals surface area contributed by atoms with Crippen LogP contribution in [0.2, 0.25) is 0 Å². The molecule has 25 heavy (non-hydrogen) atoms. The first-order valence-corrected chi connectivity index (χ1v) is 9.41. The molecule has 4 rings (SSSR count). The van der Waals surface area contributed by atoms with Gasteiger partial charge in [0.05, 0.1) is 6.04 Å². The van der Waals surface area contributed by atoms with Crippen molar-refractivity contribution in [2.75, 3.05) is 18.5 Å². The topological polar surface area (TPSA) is 58.6 Å². The summed E-state index contributed by atoms with van der Waals surface area (Å²) in [6.45, 7) is 2.85. The highest BCUT2D eigenvalue weighted by molar-refractivity contribution is 7.10. The average molecular weight is 356 g/mol. The molecule has 1 aromatic carbocycles. The van der Waals surface area contributed by atoms with Crippen LogP contribution in [0.25, 0.3) is 0 Å². The Bertz CT molecular complexity index is 830. The van der Waals surface area contributed by atoms with E-state index in [1.165, 1.54) is 10.4 Å². The summed E-state index contributed by atoms with van der Waals surface area (Å²) in [6, 6.07) is 7.77. The van der Waals surface area contributed by atoms with Crippen LogP contribution in [0, 0.1) is 0 Å². The van der Waals surface area contributed by atoms with Gasteiger partial charge in [0.1, 0.15) is 5.75 Å². The number of thiophene rings is 1. The van der Waals surface area contributed by atoms with E-state index in [-0.39, 0.29) is 24.5 Å². The first-order chi connectivity index (χ1) is 12.1. The number of ether oxygens (including phenoxy) is 1. The first-order valence-electron chi connectivity index (χ1n) is 8.53. The molecule has 0 fully saturated rings. The Balaban J connectivity index is 1.40. The molecule has 6 heteroatoms. The van der Waals surface area contributed by atoms with Crippen molar-refractivity contribution in [2.24, 2.45) is 0 Å². The van der Waals surface area contributed by atoms with Crippen molar-refractivity contribution >= 4 is 28.8 Å². The summed E-state index contributed by atoms with van der Waals surface area (Å²) < 4.78 is 5.73. The molecule has 2 amide bonds. The molecular weight excluding hydrogens is 336 g/mol. The second-order valence-corrected chi connectivity index (χ2v) is 7.47. The number of nitrogens with zero attached hydrogens (tertiary/aromatic N) is 1. The van der Waals surface area contributed by atoms with Crippen LogP contribution in [-0.4, -0.2) is 29.9 Å². The highest BCUT2D eigenvalue weighted by atomic mass is 32.1. The largest absolute Gasteiger partial charge is 0.484 e. The van der Waals surface area contributed by atoms with Crippen molar-refractivity contribution in [3.63, 3.8) is 0 Å². The van der Waals surface area contributed by atoms with Crippen LogP contribution in [0.4, 0.5) is 5.69 Å². The molecule has 5 nitrogen and oxygen atoms in total. The van der Waals surface area contributed by atoms with Crippen molar-refractivity contribution < 1.29 is 14.3 Å². The van der Waals surface area contributed by atoms with Crippen molar-refractivity contribution in [3.05, 3.63) is 45.6 Å². The van der Waals surface area contributed by atoms with E-state index in [1.54, 1.807) is 17.4 Å². The lowest BCUT2D eigenvalue weighted by atomic mass is 10.0. The summed E-state index contributed by atoms with van der Waals surface area (Å²) in [6.07, 6.45) is 2.11. The Hall–Kier alpha value is -2.34. The Kier molecular flexibility index (Phi) is 4.21. The zero-order valence-electron chi connectivity index (χ0n) is 14.1. The molecule has 0 radical (unpaired) electrons. The third kappa shape index (κ3) is 3.14. The maximum absolute atomic E-state index is 12.6. The van der Waals surface area contributed by atoms with E-state index in [1.807, 2.05) is 17.0 Å². The molecule has 0 saturated heterocycles.